The number of nitrogens with one attached hydrogen (secondary N) is 2. The van der Waals surface area contributed by atoms with Crippen LogP contribution in [0.3, 0.4) is 0 Å². The molecular weight excluding hydrogens is 307 g/mol. The van der Waals surface area contributed by atoms with Crippen LogP contribution in [0.15, 0.2) is 42.5 Å². The van der Waals surface area contributed by atoms with E-state index in [9.17, 15) is 9.18 Å². The first-order valence-electron chi connectivity index (χ1n) is 6.66. The Hall–Kier alpha value is -2.27. The van der Waals surface area contributed by atoms with Crippen LogP contribution < -0.4 is 15.4 Å². The lowest BCUT2D eigenvalue weighted by molar-refractivity contribution is 0.249. The number of hydrogen-bond donors (Lipinski definition) is 2. The molecule has 0 radical (unpaired) electrons. The highest BCUT2D eigenvalue weighted by molar-refractivity contribution is 6.32. The molecule has 2 N–H and O–H groups in total. The van der Waals surface area contributed by atoms with Crippen molar-refractivity contribution < 1.29 is 13.9 Å². The molecule has 4 nitrogen and oxygen atoms in total. The van der Waals surface area contributed by atoms with E-state index in [2.05, 4.69) is 10.6 Å². The van der Waals surface area contributed by atoms with Crippen molar-refractivity contribution in [2.75, 3.05) is 12.4 Å². The second kappa shape index (κ2) is 7.13. The van der Waals surface area contributed by atoms with Crippen molar-refractivity contribution in [3.63, 3.8) is 0 Å². The molecule has 2 aromatic carbocycles. The van der Waals surface area contributed by atoms with Crippen LogP contribution in [-0.2, 0) is 0 Å². The van der Waals surface area contributed by atoms with Crippen molar-refractivity contribution in [1.29, 1.82) is 0 Å². The predicted octanol–water partition coefficient (Wildman–Crippen LogP) is 4.37. The molecule has 0 aliphatic carbocycles. The molecule has 1 atom stereocenters. The minimum atomic E-state index is -0.377. The van der Waals surface area contributed by atoms with E-state index in [1.807, 2.05) is 6.92 Å². The highest BCUT2D eigenvalue weighted by Crippen LogP contribution is 2.27. The molecule has 0 heterocycles. The van der Waals surface area contributed by atoms with Gasteiger partial charge in [0.1, 0.15) is 11.6 Å². The van der Waals surface area contributed by atoms with E-state index in [0.29, 0.717) is 16.5 Å². The maximum Gasteiger partial charge on any atom is 0.319 e. The summed E-state index contributed by atoms with van der Waals surface area (Å²) < 4.78 is 17.9. The van der Waals surface area contributed by atoms with Crippen LogP contribution in [0.4, 0.5) is 14.9 Å². The summed E-state index contributed by atoms with van der Waals surface area (Å²) in [5.74, 6) is 0.223. The van der Waals surface area contributed by atoms with Gasteiger partial charge in [-0.15, -0.1) is 0 Å². The molecule has 0 saturated carbocycles. The summed E-state index contributed by atoms with van der Waals surface area (Å²) in [6.07, 6.45) is 0. The summed E-state index contributed by atoms with van der Waals surface area (Å²) in [6.45, 7) is 1.81. The maximum atomic E-state index is 12.9. The average molecular weight is 323 g/mol. The molecule has 0 bridgehead atoms. The third-order valence-corrected chi connectivity index (χ3v) is 3.42. The highest BCUT2D eigenvalue weighted by Gasteiger charge is 2.10. The Labute approximate surface area is 133 Å². The summed E-state index contributed by atoms with van der Waals surface area (Å²) in [5.41, 5.74) is 1.36. The number of rotatable bonds is 4. The Kier molecular flexibility index (Phi) is 5.22. The van der Waals surface area contributed by atoms with E-state index < -0.39 is 0 Å². The molecule has 116 valence electrons. The van der Waals surface area contributed by atoms with E-state index in [4.69, 9.17) is 16.3 Å². The summed E-state index contributed by atoms with van der Waals surface area (Å²) in [4.78, 5) is 12.0. The molecule has 2 aromatic rings. The Balaban J connectivity index is 1.97. The van der Waals surface area contributed by atoms with Crippen molar-refractivity contribution in [1.82, 2.24) is 5.32 Å². The Morgan fingerprint density at radius 2 is 1.91 bits per heavy atom. The molecule has 0 aliphatic heterocycles. The fourth-order valence-electron chi connectivity index (χ4n) is 1.94. The van der Waals surface area contributed by atoms with Crippen LogP contribution in [0.2, 0.25) is 5.02 Å². The number of hydrogen-bond acceptors (Lipinski definition) is 2. The lowest BCUT2D eigenvalue weighted by Crippen LogP contribution is -2.31. The predicted molar refractivity (Wildman–Crippen MR) is 85.0 cm³/mol. The molecule has 0 aromatic heterocycles. The van der Waals surface area contributed by atoms with Crippen LogP contribution in [0.1, 0.15) is 18.5 Å². The number of carbonyl (C=O) groups is 1. The van der Waals surface area contributed by atoms with Gasteiger partial charge in [0.15, 0.2) is 0 Å². The number of urea groups is 1. The van der Waals surface area contributed by atoms with Gasteiger partial charge in [-0.05, 0) is 42.8 Å². The number of anilines is 1. The van der Waals surface area contributed by atoms with Crippen molar-refractivity contribution in [3.8, 4) is 5.75 Å². The first kappa shape index (κ1) is 16.1. The Bertz CT molecular complexity index is 662. The van der Waals surface area contributed by atoms with Gasteiger partial charge in [-0.1, -0.05) is 23.7 Å². The quantitative estimate of drug-likeness (QED) is 0.878. The summed E-state index contributed by atoms with van der Waals surface area (Å²) >= 11 is 6.00. The number of amides is 2. The maximum absolute atomic E-state index is 12.9. The standard InChI is InChI=1S/C16H16ClFN2O2/c1-10(11-3-5-12(18)6-4-11)19-16(21)20-13-7-8-15(22-2)14(17)9-13/h3-10H,1-2H3,(H2,19,20,21)/t10-/m1/s1. The molecule has 0 spiro atoms. The van der Waals surface area contributed by atoms with Gasteiger partial charge in [-0.25, -0.2) is 9.18 Å². The molecule has 0 fully saturated rings. The van der Waals surface area contributed by atoms with Gasteiger partial charge in [0.05, 0.1) is 18.2 Å². The topological polar surface area (TPSA) is 50.4 Å². The van der Waals surface area contributed by atoms with Crippen LogP contribution in [0, 0.1) is 5.82 Å². The van der Waals surface area contributed by atoms with E-state index in [-0.39, 0.29) is 17.9 Å². The molecule has 6 heteroatoms. The monoisotopic (exact) mass is 322 g/mol. The van der Waals surface area contributed by atoms with Gasteiger partial charge in [0.2, 0.25) is 0 Å². The van der Waals surface area contributed by atoms with E-state index in [1.165, 1.54) is 19.2 Å². The van der Waals surface area contributed by atoms with Crippen LogP contribution in [0.25, 0.3) is 0 Å². The fourth-order valence-corrected chi connectivity index (χ4v) is 2.20. The SMILES string of the molecule is COc1ccc(NC(=O)N[C@H](C)c2ccc(F)cc2)cc1Cl. The van der Waals surface area contributed by atoms with Crippen LogP contribution in [-0.4, -0.2) is 13.1 Å². The molecule has 0 unspecified atom stereocenters. The summed E-state index contributed by atoms with van der Waals surface area (Å²) in [6, 6.07) is 10.3. The van der Waals surface area contributed by atoms with Gasteiger partial charge in [-0.3, -0.25) is 0 Å². The van der Waals surface area contributed by atoms with Gasteiger partial charge >= 0.3 is 6.03 Å². The summed E-state index contributed by atoms with van der Waals surface area (Å²) in [7, 11) is 1.52. The second-order valence-corrected chi connectivity index (χ2v) is 5.13. The number of benzene rings is 2. The zero-order chi connectivity index (χ0) is 16.1. The van der Waals surface area contributed by atoms with Gasteiger partial charge in [0, 0.05) is 5.69 Å². The third-order valence-electron chi connectivity index (χ3n) is 3.13. The lowest BCUT2D eigenvalue weighted by atomic mass is 10.1. The van der Waals surface area contributed by atoms with Crippen LogP contribution in [0.5, 0.6) is 5.75 Å². The molecule has 22 heavy (non-hydrogen) atoms. The highest BCUT2D eigenvalue weighted by atomic mass is 35.5. The van der Waals surface area contributed by atoms with E-state index in [1.54, 1.807) is 30.3 Å². The zero-order valence-corrected chi connectivity index (χ0v) is 12.9. The number of halogens is 2. The molecule has 2 rings (SSSR count). The van der Waals surface area contributed by atoms with E-state index >= 15 is 0 Å². The molecule has 2 amide bonds. The normalized spacial score (nSPS) is 11.6. The third kappa shape index (κ3) is 4.11. The minimum Gasteiger partial charge on any atom is -0.495 e. The van der Waals surface area contributed by atoms with Crippen molar-refractivity contribution in [2.24, 2.45) is 0 Å². The minimum absolute atomic E-state index is 0.255. The zero-order valence-electron chi connectivity index (χ0n) is 12.2. The summed E-state index contributed by atoms with van der Waals surface area (Å²) in [5, 5.41) is 5.86. The van der Waals surface area contributed by atoms with Gasteiger partial charge in [0.25, 0.3) is 0 Å². The lowest BCUT2D eigenvalue weighted by Gasteiger charge is -2.15. The fraction of sp³-hybridized carbons (Fsp3) is 0.188. The van der Waals surface area contributed by atoms with Crippen LogP contribution >= 0.6 is 11.6 Å². The van der Waals surface area contributed by atoms with Gasteiger partial charge < -0.3 is 15.4 Å². The van der Waals surface area contributed by atoms with E-state index in [0.717, 1.165) is 5.56 Å². The first-order chi connectivity index (χ1) is 10.5. The number of ether oxygens (including phenoxy) is 1. The Morgan fingerprint density at radius 1 is 1.23 bits per heavy atom. The average Bonchev–Trinajstić information content (AvgIpc) is 2.48. The first-order valence-corrected chi connectivity index (χ1v) is 7.04. The molecular formula is C16H16ClFN2O2. The second-order valence-electron chi connectivity index (χ2n) is 4.72. The van der Waals surface area contributed by atoms with Gasteiger partial charge in [-0.2, -0.15) is 0 Å². The van der Waals surface area contributed by atoms with Crippen molar-refractivity contribution in [3.05, 3.63) is 58.9 Å². The largest absolute Gasteiger partial charge is 0.495 e. The number of carbonyl (C=O) groups excluding carboxylic acids is 1. The van der Waals surface area contributed by atoms with Crippen molar-refractivity contribution >= 4 is 23.3 Å². The van der Waals surface area contributed by atoms with Crippen molar-refractivity contribution in [2.45, 2.75) is 13.0 Å². The molecule has 0 saturated heterocycles. The smallest absolute Gasteiger partial charge is 0.319 e. The number of methoxy groups -OCH3 is 1. The molecule has 0 aliphatic rings. The Morgan fingerprint density at radius 3 is 2.50 bits per heavy atom.